The first-order valence-corrected chi connectivity index (χ1v) is 10.7. The number of thioether (sulfide) groups is 1. The average Bonchev–Trinajstić information content (AvgIpc) is 3.09. The molecule has 1 fully saturated rings. The maximum atomic E-state index is 13.3. The van der Waals surface area contributed by atoms with Gasteiger partial charge in [-0.3, -0.25) is 9.69 Å². The third kappa shape index (κ3) is 4.78. The molecule has 1 aliphatic rings. The molecule has 0 radical (unpaired) electrons. The number of amides is 1. The van der Waals surface area contributed by atoms with Crippen molar-refractivity contribution >= 4 is 34.6 Å². The van der Waals surface area contributed by atoms with E-state index in [4.69, 9.17) is 14.5 Å². The summed E-state index contributed by atoms with van der Waals surface area (Å²) in [6, 6.07) is 22.2. The van der Waals surface area contributed by atoms with Crippen molar-refractivity contribution in [3.63, 3.8) is 0 Å². The van der Waals surface area contributed by atoms with E-state index in [-0.39, 0.29) is 11.7 Å². The zero-order chi connectivity index (χ0) is 22.5. The minimum absolute atomic E-state index is 0.0190. The van der Waals surface area contributed by atoms with Crippen molar-refractivity contribution in [2.45, 2.75) is 6.54 Å². The number of hydrogen-bond donors (Lipinski definition) is 1. The fourth-order valence-electron chi connectivity index (χ4n) is 3.21. The van der Waals surface area contributed by atoms with Crippen LogP contribution in [0.15, 0.2) is 82.7 Å². The largest absolute Gasteiger partial charge is 0.504 e. The van der Waals surface area contributed by atoms with Crippen LogP contribution in [0, 0.1) is 0 Å². The highest BCUT2D eigenvalue weighted by Crippen LogP contribution is 2.36. The molecular formula is C25H22N2O4S. The molecule has 7 heteroatoms. The van der Waals surface area contributed by atoms with E-state index in [0.717, 1.165) is 17.0 Å². The van der Waals surface area contributed by atoms with E-state index >= 15 is 0 Å². The van der Waals surface area contributed by atoms with Gasteiger partial charge in [-0.1, -0.05) is 36.4 Å². The molecule has 0 aromatic heterocycles. The quantitative estimate of drug-likeness (QED) is 0.526. The summed E-state index contributed by atoms with van der Waals surface area (Å²) < 4.78 is 10.3. The molecule has 0 atom stereocenters. The fraction of sp³-hybridized carbons (Fsp3) is 0.120. The van der Waals surface area contributed by atoms with Gasteiger partial charge >= 0.3 is 0 Å². The van der Waals surface area contributed by atoms with Crippen molar-refractivity contribution in [2.75, 3.05) is 14.2 Å². The molecule has 3 aromatic rings. The minimum Gasteiger partial charge on any atom is -0.504 e. The summed E-state index contributed by atoms with van der Waals surface area (Å²) >= 11 is 1.31. The Morgan fingerprint density at radius 3 is 2.41 bits per heavy atom. The second-order valence-corrected chi connectivity index (χ2v) is 8.02. The SMILES string of the molecule is COc1ccc(CN2C(=O)/C(=C/c3ccc(OC)c(O)c3)SC2=Nc2ccccc2)cc1. The van der Waals surface area contributed by atoms with Crippen LogP contribution in [0.2, 0.25) is 0 Å². The predicted octanol–water partition coefficient (Wildman–Crippen LogP) is 5.21. The Bertz CT molecular complexity index is 1170. The highest BCUT2D eigenvalue weighted by Gasteiger charge is 2.33. The average molecular weight is 447 g/mol. The van der Waals surface area contributed by atoms with Crippen LogP contribution in [0.5, 0.6) is 17.2 Å². The number of methoxy groups -OCH3 is 2. The van der Waals surface area contributed by atoms with Crippen LogP contribution in [0.4, 0.5) is 5.69 Å². The summed E-state index contributed by atoms with van der Waals surface area (Å²) in [5.74, 6) is 1.01. The van der Waals surface area contributed by atoms with Gasteiger partial charge in [0, 0.05) is 0 Å². The lowest BCUT2D eigenvalue weighted by Crippen LogP contribution is -2.28. The second kappa shape index (κ2) is 9.62. The number of phenolic OH excluding ortho intramolecular Hbond substituents is 1. The van der Waals surface area contributed by atoms with Crippen LogP contribution in [0.3, 0.4) is 0 Å². The number of carbonyl (C=O) groups is 1. The molecule has 1 N–H and O–H groups in total. The van der Waals surface area contributed by atoms with E-state index in [1.54, 1.807) is 36.3 Å². The Hall–Kier alpha value is -3.71. The van der Waals surface area contributed by atoms with Crippen molar-refractivity contribution in [1.29, 1.82) is 0 Å². The lowest BCUT2D eigenvalue weighted by atomic mass is 10.1. The first kappa shape index (κ1) is 21.5. The number of benzene rings is 3. The first-order valence-electron chi connectivity index (χ1n) is 9.92. The van der Waals surface area contributed by atoms with Crippen molar-refractivity contribution < 1.29 is 19.4 Å². The van der Waals surface area contributed by atoms with Crippen LogP contribution in [-0.2, 0) is 11.3 Å². The van der Waals surface area contributed by atoms with E-state index < -0.39 is 0 Å². The number of ether oxygens (including phenoxy) is 2. The lowest BCUT2D eigenvalue weighted by Gasteiger charge is -2.16. The molecular weight excluding hydrogens is 424 g/mol. The minimum atomic E-state index is -0.143. The molecule has 3 aromatic carbocycles. The van der Waals surface area contributed by atoms with E-state index in [1.807, 2.05) is 54.6 Å². The summed E-state index contributed by atoms with van der Waals surface area (Å²) in [5.41, 5.74) is 2.43. The summed E-state index contributed by atoms with van der Waals surface area (Å²) in [4.78, 5) is 20.2. The molecule has 0 saturated carbocycles. The summed E-state index contributed by atoms with van der Waals surface area (Å²) in [7, 11) is 3.11. The molecule has 32 heavy (non-hydrogen) atoms. The van der Waals surface area contributed by atoms with Crippen LogP contribution in [-0.4, -0.2) is 35.3 Å². The van der Waals surface area contributed by atoms with Crippen molar-refractivity contribution in [3.8, 4) is 17.2 Å². The zero-order valence-corrected chi connectivity index (χ0v) is 18.5. The number of para-hydroxylation sites is 1. The van der Waals surface area contributed by atoms with E-state index in [9.17, 15) is 9.90 Å². The number of aromatic hydroxyl groups is 1. The maximum absolute atomic E-state index is 13.3. The molecule has 162 valence electrons. The molecule has 0 unspecified atom stereocenters. The van der Waals surface area contributed by atoms with Crippen LogP contribution in [0.1, 0.15) is 11.1 Å². The van der Waals surface area contributed by atoms with Gasteiger partial charge in [0.05, 0.1) is 31.4 Å². The summed E-state index contributed by atoms with van der Waals surface area (Å²) in [6.45, 7) is 0.382. The molecule has 0 spiro atoms. The molecule has 0 aliphatic carbocycles. The van der Waals surface area contributed by atoms with Gasteiger partial charge in [0.25, 0.3) is 5.91 Å². The van der Waals surface area contributed by atoms with Crippen molar-refractivity contribution in [1.82, 2.24) is 4.90 Å². The number of rotatable bonds is 6. The normalized spacial score (nSPS) is 16.1. The van der Waals surface area contributed by atoms with Crippen LogP contribution >= 0.6 is 11.8 Å². The summed E-state index contributed by atoms with van der Waals surface area (Å²) in [5, 5.41) is 10.7. The Kier molecular flexibility index (Phi) is 6.47. The molecule has 1 aliphatic heterocycles. The predicted molar refractivity (Wildman–Crippen MR) is 127 cm³/mol. The molecule has 1 heterocycles. The van der Waals surface area contributed by atoms with E-state index in [1.165, 1.54) is 18.9 Å². The number of aliphatic imine (C=N–C) groups is 1. The van der Waals surface area contributed by atoms with E-state index in [0.29, 0.717) is 27.9 Å². The van der Waals surface area contributed by atoms with Gasteiger partial charge < -0.3 is 14.6 Å². The standard InChI is InChI=1S/C25H22N2O4S/c1-30-20-11-8-17(9-12-20)16-27-24(29)23(15-18-10-13-22(31-2)21(28)14-18)32-25(27)26-19-6-4-3-5-7-19/h3-15,28H,16H2,1-2H3/b23-15-,26-25?. The van der Waals surface area contributed by atoms with E-state index in [2.05, 4.69) is 0 Å². The third-order valence-electron chi connectivity index (χ3n) is 4.87. The van der Waals surface area contributed by atoms with Gasteiger partial charge in [-0.2, -0.15) is 0 Å². The van der Waals surface area contributed by atoms with Gasteiger partial charge in [-0.05, 0) is 65.4 Å². The Morgan fingerprint density at radius 2 is 1.75 bits per heavy atom. The number of hydrogen-bond acceptors (Lipinski definition) is 6. The van der Waals surface area contributed by atoms with Gasteiger partial charge in [0.15, 0.2) is 16.7 Å². The lowest BCUT2D eigenvalue weighted by molar-refractivity contribution is -0.122. The molecule has 6 nitrogen and oxygen atoms in total. The zero-order valence-electron chi connectivity index (χ0n) is 17.7. The molecule has 1 amide bonds. The number of nitrogens with zero attached hydrogens (tertiary/aromatic N) is 2. The van der Waals surface area contributed by atoms with Gasteiger partial charge in [-0.15, -0.1) is 0 Å². The smallest absolute Gasteiger partial charge is 0.267 e. The summed E-state index contributed by atoms with van der Waals surface area (Å²) in [6.07, 6.45) is 1.75. The molecule has 4 rings (SSSR count). The Morgan fingerprint density at radius 1 is 1.00 bits per heavy atom. The van der Waals surface area contributed by atoms with Crippen LogP contribution < -0.4 is 9.47 Å². The molecule has 0 bridgehead atoms. The number of carbonyl (C=O) groups excluding carboxylic acids is 1. The van der Waals surface area contributed by atoms with Gasteiger partial charge in [0.2, 0.25) is 0 Å². The maximum Gasteiger partial charge on any atom is 0.267 e. The Balaban J connectivity index is 1.67. The van der Waals surface area contributed by atoms with Crippen molar-refractivity contribution in [2.24, 2.45) is 4.99 Å². The second-order valence-electron chi connectivity index (χ2n) is 7.01. The van der Waals surface area contributed by atoms with Gasteiger partial charge in [0.1, 0.15) is 5.75 Å². The highest BCUT2D eigenvalue weighted by atomic mass is 32.2. The topological polar surface area (TPSA) is 71.4 Å². The number of amidine groups is 1. The fourth-order valence-corrected chi connectivity index (χ4v) is 4.20. The van der Waals surface area contributed by atoms with Crippen molar-refractivity contribution in [3.05, 3.63) is 88.8 Å². The van der Waals surface area contributed by atoms with Gasteiger partial charge in [-0.25, -0.2) is 4.99 Å². The third-order valence-corrected chi connectivity index (χ3v) is 5.88. The Labute approximate surface area is 190 Å². The number of phenols is 1. The molecule has 1 saturated heterocycles. The monoisotopic (exact) mass is 446 g/mol. The first-order chi connectivity index (χ1) is 15.6. The highest BCUT2D eigenvalue weighted by molar-refractivity contribution is 8.18. The van der Waals surface area contributed by atoms with Crippen LogP contribution in [0.25, 0.3) is 6.08 Å².